The second-order valence-corrected chi connectivity index (χ2v) is 3.89. The van der Waals surface area contributed by atoms with E-state index < -0.39 is 6.10 Å². The van der Waals surface area contributed by atoms with Gasteiger partial charge in [-0.05, 0) is 36.9 Å². The molecule has 0 fully saturated rings. The Morgan fingerprint density at radius 3 is 2.77 bits per heavy atom. The zero-order valence-corrected chi connectivity index (χ0v) is 8.57. The smallest absolute Gasteiger partial charge is 0.126 e. The average Bonchev–Trinajstić information content (AvgIpc) is 2.08. The maximum absolute atomic E-state index is 13.1. The van der Waals surface area contributed by atoms with Gasteiger partial charge in [-0.15, -0.1) is 11.8 Å². The van der Waals surface area contributed by atoms with Gasteiger partial charge in [0.25, 0.3) is 0 Å². The lowest BCUT2D eigenvalue weighted by atomic mass is 10.1. The summed E-state index contributed by atoms with van der Waals surface area (Å²) in [6.07, 6.45) is 1.83. The number of hydrogen-bond donors (Lipinski definition) is 1. The van der Waals surface area contributed by atoms with Gasteiger partial charge >= 0.3 is 0 Å². The molecular weight excluding hydrogens is 187 g/mol. The van der Waals surface area contributed by atoms with Crippen molar-refractivity contribution in [1.29, 1.82) is 0 Å². The second-order valence-electron chi connectivity index (χ2n) is 3.01. The van der Waals surface area contributed by atoms with Gasteiger partial charge < -0.3 is 5.11 Å². The maximum atomic E-state index is 13.1. The van der Waals surface area contributed by atoms with E-state index >= 15 is 0 Å². The molecule has 1 atom stereocenters. The van der Waals surface area contributed by atoms with E-state index in [9.17, 15) is 4.39 Å². The molecule has 1 rings (SSSR count). The molecule has 0 aromatic heterocycles. The summed E-state index contributed by atoms with van der Waals surface area (Å²) in [7, 11) is 0. The molecule has 1 nitrogen and oxygen atoms in total. The maximum Gasteiger partial charge on any atom is 0.126 e. The van der Waals surface area contributed by atoms with Crippen LogP contribution in [0.4, 0.5) is 4.39 Å². The normalized spacial score (nSPS) is 12.9. The highest BCUT2D eigenvalue weighted by atomic mass is 32.2. The zero-order chi connectivity index (χ0) is 9.84. The second kappa shape index (κ2) is 4.63. The fourth-order valence-electron chi connectivity index (χ4n) is 1.15. The molecule has 72 valence electrons. The number of benzene rings is 1. The van der Waals surface area contributed by atoms with E-state index in [0.29, 0.717) is 12.0 Å². The van der Waals surface area contributed by atoms with E-state index in [4.69, 9.17) is 5.11 Å². The van der Waals surface area contributed by atoms with Crippen LogP contribution in [0, 0.1) is 5.82 Å². The molecule has 0 amide bonds. The van der Waals surface area contributed by atoms with Crippen LogP contribution < -0.4 is 0 Å². The number of rotatable bonds is 3. The van der Waals surface area contributed by atoms with Crippen LogP contribution in [-0.2, 0) is 6.42 Å². The Morgan fingerprint density at radius 2 is 2.23 bits per heavy atom. The molecule has 0 aliphatic carbocycles. The molecule has 0 bridgehead atoms. The molecule has 13 heavy (non-hydrogen) atoms. The number of aliphatic hydroxyl groups is 1. The van der Waals surface area contributed by atoms with Crippen LogP contribution in [0.5, 0.6) is 0 Å². The fraction of sp³-hybridized carbons (Fsp3) is 0.400. The number of thioether (sulfide) groups is 1. The molecule has 0 aliphatic heterocycles. The summed E-state index contributed by atoms with van der Waals surface area (Å²) in [5.74, 6) is -0.237. The summed E-state index contributed by atoms with van der Waals surface area (Å²) >= 11 is 1.57. The van der Waals surface area contributed by atoms with Crippen molar-refractivity contribution in [3.63, 3.8) is 0 Å². The van der Waals surface area contributed by atoms with Gasteiger partial charge in [-0.3, -0.25) is 0 Å². The third-order valence-electron chi connectivity index (χ3n) is 1.77. The molecule has 0 aliphatic rings. The van der Waals surface area contributed by atoms with Gasteiger partial charge in [0.2, 0.25) is 0 Å². The predicted molar refractivity (Wildman–Crippen MR) is 53.6 cm³/mol. The summed E-state index contributed by atoms with van der Waals surface area (Å²) in [5, 5.41) is 9.12. The topological polar surface area (TPSA) is 20.2 Å². The SMILES string of the molecule is CSc1ccc(F)c(CC(C)O)c1. The van der Waals surface area contributed by atoms with Crippen molar-refractivity contribution in [2.45, 2.75) is 24.3 Å². The van der Waals surface area contributed by atoms with E-state index in [1.54, 1.807) is 30.8 Å². The van der Waals surface area contributed by atoms with Crippen molar-refractivity contribution in [2.75, 3.05) is 6.26 Å². The molecule has 0 radical (unpaired) electrons. The average molecular weight is 200 g/mol. The first-order valence-electron chi connectivity index (χ1n) is 4.14. The standard InChI is InChI=1S/C10H13FOS/c1-7(12)5-8-6-9(13-2)3-4-10(8)11/h3-4,6-7,12H,5H2,1-2H3. The lowest BCUT2D eigenvalue weighted by Crippen LogP contribution is -2.05. The van der Waals surface area contributed by atoms with Gasteiger partial charge in [0, 0.05) is 11.3 Å². The van der Waals surface area contributed by atoms with Crippen molar-refractivity contribution < 1.29 is 9.50 Å². The number of halogens is 1. The Kier molecular flexibility index (Phi) is 3.75. The van der Waals surface area contributed by atoms with Crippen molar-refractivity contribution in [3.05, 3.63) is 29.6 Å². The zero-order valence-electron chi connectivity index (χ0n) is 7.75. The van der Waals surface area contributed by atoms with Crippen molar-refractivity contribution in [3.8, 4) is 0 Å². The lowest BCUT2D eigenvalue weighted by Gasteiger charge is -2.06. The molecule has 1 unspecified atom stereocenters. The molecule has 0 heterocycles. The van der Waals surface area contributed by atoms with Crippen LogP contribution in [0.2, 0.25) is 0 Å². The van der Waals surface area contributed by atoms with Crippen LogP contribution in [0.25, 0.3) is 0 Å². The first-order chi connectivity index (χ1) is 6.13. The minimum absolute atomic E-state index is 0.237. The van der Waals surface area contributed by atoms with E-state index in [-0.39, 0.29) is 5.82 Å². The summed E-state index contributed by atoms with van der Waals surface area (Å²) in [4.78, 5) is 1.03. The Labute approximate surface area is 82.0 Å². The van der Waals surface area contributed by atoms with E-state index in [1.165, 1.54) is 6.07 Å². The van der Waals surface area contributed by atoms with Gasteiger partial charge in [-0.2, -0.15) is 0 Å². The Morgan fingerprint density at radius 1 is 1.54 bits per heavy atom. The first kappa shape index (κ1) is 10.5. The van der Waals surface area contributed by atoms with E-state index in [0.717, 1.165) is 4.90 Å². The first-order valence-corrected chi connectivity index (χ1v) is 5.36. The van der Waals surface area contributed by atoms with Crippen LogP contribution >= 0.6 is 11.8 Å². The van der Waals surface area contributed by atoms with Crippen LogP contribution in [0.1, 0.15) is 12.5 Å². The van der Waals surface area contributed by atoms with Crippen LogP contribution in [-0.4, -0.2) is 17.5 Å². The molecule has 0 spiro atoms. The van der Waals surface area contributed by atoms with Crippen molar-refractivity contribution in [1.82, 2.24) is 0 Å². The quantitative estimate of drug-likeness (QED) is 0.756. The third kappa shape index (κ3) is 3.01. The monoisotopic (exact) mass is 200 g/mol. The third-order valence-corrected chi connectivity index (χ3v) is 2.49. The highest BCUT2D eigenvalue weighted by molar-refractivity contribution is 7.98. The number of hydrogen-bond acceptors (Lipinski definition) is 2. The summed E-state index contributed by atoms with van der Waals surface area (Å²) in [5.41, 5.74) is 0.585. The van der Waals surface area contributed by atoms with Gasteiger partial charge in [-0.25, -0.2) is 4.39 Å². The van der Waals surface area contributed by atoms with Gasteiger partial charge in [0.15, 0.2) is 0 Å². The lowest BCUT2D eigenvalue weighted by molar-refractivity contribution is 0.194. The summed E-state index contributed by atoms with van der Waals surface area (Å²) < 4.78 is 13.1. The Bertz CT molecular complexity index is 286. The van der Waals surface area contributed by atoms with Crippen LogP contribution in [0.15, 0.2) is 23.1 Å². The Balaban J connectivity index is 2.90. The van der Waals surface area contributed by atoms with Crippen LogP contribution in [0.3, 0.4) is 0 Å². The number of aliphatic hydroxyl groups excluding tert-OH is 1. The van der Waals surface area contributed by atoms with Crippen molar-refractivity contribution in [2.24, 2.45) is 0 Å². The van der Waals surface area contributed by atoms with Gasteiger partial charge in [0.1, 0.15) is 5.82 Å². The minimum atomic E-state index is -0.494. The molecule has 0 saturated heterocycles. The minimum Gasteiger partial charge on any atom is -0.393 e. The summed E-state index contributed by atoms with van der Waals surface area (Å²) in [6, 6.07) is 4.97. The molecule has 1 aromatic rings. The summed E-state index contributed by atoms with van der Waals surface area (Å²) in [6.45, 7) is 1.66. The molecule has 1 N–H and O–H groups in total. The molecule has 3 heteroatoms. The molecular formula is C10H13FOS. The van der Waals surface area contributed by atoms with Gasteiger partial charge in [0.05, 0.1) is 6.10 Å². The van der Waals surface area contributed by atoms with Crippen molar-refractivity contribution >= 4 is 11.8 Å². The van der Waals surface area contributed by atoms with E-state index in [1.807, 2.05) is 6.26 Å². The molecule has 1 aromatic carbocycles. The fourth-order valence-corrected chi connectivity index (χ4v) is 1.62. The largest absolute Gasteiger partial charge is 0.393 e. The highest BCUT2D eigenvalue weighted by Crippen LogP contribution is 2.19. The van der Waals surface area contributed by atoms with E-state index in [2.05, 4.69) is 0 Å². The predicted octanol–water partition coefficient (Wildman–Crippen LogP) is 2.47. The highest BCUT2D eigenvalue weighted by Gasteiger charge is 2.05. The van der Waals surface area contributed by atoms with Gasteiger partial charge in [-0.1, -0.05) is 0 Å². The molecule has 0 saturated carbocycles. The Hall–Kier alpha value is -0.540.